The van der Waals surface area contributed by atoms with E-state index in [4.69, 9.17) is 0 Å². The summed E-state index contributed by atoms with van der Waals surface area (Å²) in [6.07, 6.45) is -3.47. The summed E-state index contributed by atoms with van der Waals surface area (Å²) >= 11 is 0. The number of rotatable bonds is 2. The molecule has 0 fully saturated rings. The molecule has 1 aliphatic carbocycles. The van der Waals surface area contributed by atoms with E-state index >= 15 is 0 Å². The lowest BCUT2D eigenvalue weighted by Gasteiger charge is -2.14. The monoisotopic (exact) mass is 290 g/mol. The first-order valence-electron chi connectivity index (χ1n) is 6.74. The molecule has 0 heterocycles. The third-order valence-corrected chi connectivity index (χ3v) is 3.92. The van der Waals surface area contributed by atoms with Crippen LogP contribution in [0.2, 0.25) is 0 Å². The number of carbonyl (C=O) groups is 1. The SMILES string of the molecule is O=C(c1ccccc1C(F)(F)F)C1Cc2ccccc2C1. The van der Waals surface area contributed by atoms with Gasteiger partial charge in [-0.2, -0.15) is 13.2 Å². The van der Waals surface area contributed by atoms with Crippen molar-refractivity contribution in [2.45, 2.75) is 19.0 Å². The molecule has 0 aliphatic heterocycles. The maximum atomic E-state index is 13.0. The fourth-order valence-electron chi connectivity index (χ4n) is 2.91. The molecule has 0 bridgehead atoms. The lowest BCUT2D eigenvalue weighted by molar-refractivity contribution is -0.137. The Bertz CT molecular complexity index is 663. The van der Waals surface area contributed by atoms with Gasteiger partial charge in [0.15, 0.2) is 5.78 Å². The normalized spacial score (nSPS) is 15.0. The van der Waals surface area contributed by atoms with Crippen molar-refractivity contribution in [3.8, 4) is 0 Å². The lowest BCUT2D eigenvalue weighted by Crippen LogP contribution is -2.20. The van der Waals surface area contributed by atoms with Crippen molar-refractivity contribution in [2.75, 3.05) is 0 Å². The van der Waals surface area contributed by atoms with Crippen LogP contribution in [0.15, 0.2) is 48.5 Å². The van der Waals surface area contributed by atoms with Gasteiger partial charge in [-0.1, -0.05) is 42.5 Å². The van der Waals surface area contributed by atoms with Crippen molar-refractivity contribution in [3.63, 3.8) is 0 Å². The second-order valence-corrected chi connectivity index (χ2v) is 5.28. The molecule has 0 aromatic heterocycles. The quantitative estimate of drug-likeness (QED) is 0.753. The molecule has 2 aromatic rings. The van der Waals surface area contributed by atoms with Gasteiger partial charge in [0, 0.05) is 11.5 Å². The van der Waals surface area contributed by atoms with Crippen LogP contribution >= 0.6 is 0 Å². The summed E-state index contributed by atoms with van der Waals surface area (Å²) < 4.78 is 39.0. The molecule has 0 spiro atoms. The third kappa shape index (κ3) is 2.58. The number of Topliss-reactive ketones (excluding diaryl/α,β-unsaturated/α-hetero) is 1. The second-order valence-electron chi connectivity index (χ2n) is 5.28. The highest BCUT2D eigenvalue weighted by Crippen LogP contribution is 2.35. The van der Waals surface area contributed by atoms with Crippen LogP contribution in [0.3, 0.4) is 0 Å². The minimum absolute atomic E-state index is 0.220. The molecular weight excluding hydrogens is 277 g/mol. The Hall–Kier alpha value is -2.10. The van der Waals surface area contributed by atoms with Crippen LogP contribution in [0, 0.1) is 5.92 Å². The number of halogens is 3. The molecule has 2 aromatic carbocycles. The minimum atomic E-state index is -4.50. The van der Waals surface area contributed by atoms with E-state index in [-0.39, 0.29) is 5.56 Å². The second kappa shape index (κ2) is 5.02. The average molecular weight is 290 g/mol. The maximum Gasteiger partial charge on any atom is 0.417 e. The molecule has 4 heteroatoms. The van der Waals surface area contributed by atoms with Gasteiger partial charge >= 0.3 is 6.18 Å². The van der Waals surface area contributed by atoms with E-state index in [0.29, 0.717) is 12.8 Å². The molecule has 0 amide bonds. The molecule has 1 aliphatic rings. The first-order chi connectivity index (χ1) is 9.97. The lowest BCUT2D eigenvalue weighted by atomic mass is 9.92. The van der Waals surface area contributed by atoms with Crippen molar-refractivity contribution in [3.05, 3.63) is 70.8 Å². The van der Waals surface area contributed by atoms with Crippen LogP contribution in [0.4, 0.5) is 13.2 Å². The summed E-state index contributed by atoms with van der Waals surface area (Å²) in [4.78, 5) is 12.5. The fourth-order valence-corrected chi connectivity index (χ4v) is 2.91. The summed E-state index contributed by atoms with van der Waals surface area (Å²) in [5, 5.41) is 0. The number of ketones is 1. The number of benzene rings is 2. The molecule has 0 atom stereocenters. The molecule has 0 unspecified atom stereocenters. The highest BCUT2D eigenvalue weighted by atomic mass is 19.4. The summed E-state index contributed by atoms with van der Waals surface area (Å²) in [6.45, 7) is 0. The van der Waals surface area contributed by atoms with Crippen LogP contribution in [0.5, 0.6) is 0 Å². The topological polar surface area (TPSA) is 17.1 Å². The van der Waals surface area contributed by atoms with Gasteiger partial charge in [0.2, 0.25) is 0 Å². The molecule has 0 saturated heterocycles. The third-order valence-electron chi connectivity index (χ3n) is 3.92. The molecule has 0 saturated carbocycles. The van der Waals surface area contributed by atoms with Crippen LogP contribution in [-0.4, -0.2) is 5.78 Å². The maximum absolute atomic E-state index is 13.0. The van der Waals surface area contributed by atoms with Gasteiger partial charge in [0.05, 0.1) is 5.56 Å². The minimum Gasteiger partial charge on any atom is -0.294 e. The number of alkyl halides is 3. The zero-order valence-electron chi connectivity index (χ0n) is 11.2. The fraction of sp³-hybridized carbons (Fsp3) is 0.235. The van der Waals surface area contributed by atoms with E-state index in [9.17, 15) is 18.0 Å². The van der Waals surface area contributed by atoms with Gasteiger partial charge in [0.25, 0.3) is 0 Å². The zero-order valence-corrected chi connectivity index (χ0v) is 11.2. The molecule has 3 rings (SSSR count). The van der Waals surface area contributed by atoms with Crippen LogP contribution in [-0.2, 0) is 19.0 Å². The Morgan fingerprint density at radius 3 is 2.00 bits per heavy atom. The number of carbonyl (C=O) groups excluding carboxylic acids is 1. The zero-order chi connectivity index (χ0) is 15.0. The Labute approximate surface area is 120 Å². The number of fused-ring (bicyclic) bond motifs is 1. The number of hydrogen-bond acceptors (Lipinski definition) is 1. The van der Waals surface area contributed by atoms with Crippen molar-refractivity contribution < 1.29 is 18.0 Å². The van der Waals surface area contributed by atoms with E-state index in [1.807, 2.05) is 24.3 Å². The van der Waals surface area contributed by atoms with Gasteiger partial charge in [-0.05, 0) is 30.0 Å². The molecule has 108 valence electrons. The van der Waals surface area contributed by atoms with Crippen LogP contribution in [0.25, 0.3) is 0 Å². The molecule has 0 radical (unpaired) electrons. The summed E-state index contributed by atoms with van der Waals surface area (Å²) in [5.74, 6) is -0.815. The van der Waals surface area contributed by atoms with Crippen molar-refractivity contribution in [1.29, 1.82) is 0 Å². The Morgan fingerprint density at radius 2 is 1.43 bits per heavy atom. The van der Waals surface area contributed by atoms with E-state index in [2.05, 4.69) is 0 Å². The molecule has 0 N–H and O–H groups in total. The van der Waals surface area contributed by atoms with E-state index in [1.165, 1.54) is 18.2 Å². The predicted molar refractivity (Wildman–Crippen MR) is 73.1 cm³/mol. The van der Waals surface area contributed by atoms with E-state index in [1.54, 1.807) is 0 Å². The van der Waals surface area contributed by atoms with Crippen molar-refractivity contribution in [2.24, 2.45) is 5.92 Å². The average Bonchev–Trinajstić information content (AvgIpc) is 2.89. The van der Waals surface area contributed by atoms with Gasteiger partial charge in [0.1, 0.15) is 0 Å². The van der Waals surface area contributed by atoms with Gasteiger partial charge in [-0.3, -0.25) is 4.79 Å². The smallest absolute Gasteiger partial charge is 0.294 e. The largest absolute Gasteiger partial charge is 0.417 e. The first-order valence-corrected chi connectivity index (χ1v) is 6.74. The summed E-state index contributed by atoms with van der Waals surface area (Å²) in [6, 6.07) is 12.7. The van der Waals surface area contributed by atoms with Crippen LogP contribution < -0.4 is 0 Å². The Kier molecular flexibility index (Phi) is 3.32. The highest BCUT2D eigenvalue weighted by Gasteiger charge is 2.37. The van der Waals surface area contributed by atoms with Gasteiger partial charge in [-0.15, -0.1) is 0 Å². The standard InChI is InChI=1S/C17H13F3O/c18-17(19,20)15-8-4-3-7-14(15)16(21)13-9-11-5-1-2-6-12(11)10-13/h1-8,13H,9-10H2. The molecule has 1 nitrogen and oxygen atoms in total. The van der Waals surface area contributed by atoms with E-state index in [0.717, 1.165) is 17.2 Å². The van der Waals surface area contributed by atoms with Crippen molar-refractivity contribution in [1.82, 2.24) is 0 Å². The van der Waals surface area contributed by atoms with Gasteiger partial charge in [-0.25, -0.2) is 0 Å². The van der Waals surface area contributed by atoms with Gasteiger partial charge < -0.3 is 0 Å². The van der Waals surface area contributed by atoms with Crippen LogP contribution in [0.1, 0.15) is 27.0 Å². The Morgan fingerprint density at radius 1 is 0.905 bits per heavy atom. The predicted octanol–water partition coefficient (Wildman–Crippen LogP) is 4.30. The summed E-state index contributed by atoms with van der Waals surface area (Å²) in [5.41, 5.74) is 1.05. The van der Waals surface area contributed by atoms with Crippen molar-refractivity contribution >= 4 is 5.78 Å². The Balaban J connectivity index is 1.92. The first kappa shape index (κ1) is 13.9. The van der Waals surface area contributed by atoms with E-state index < -0.39 is 23.4 Å². The molecular formula is C17H13F3O. The number of hydrogen-bond donors (Lipinski definition) is 0. The highest BCUT2D eigenvalue weighted by molar-refractivity contribution is 6.00. The summed E-state index contributed by atoms with van der Waals surface area (Å²) in [7, 11) is 0. The molecule has 21 heavy (non-hydrogen) atoms.